The third-order valence-corrected chi connectivity index (χ3v) is 6.10. The number of methoxy groups -OCH3 is 2. The van der Waals surface area contributed by atoms with Crippen LogP contribution >= 0.6 is 0 Å². The van der Waals surface area contributed by atoms with Crippen molar-refractivity contribution < 1.29 is 19.1 Å². The lowest BCUT2D eigenvalue weighted by atomic mass is 10.1. The van der Waals surface area contributed by atoms with Gasteiger partial charge in [0.2, 0.25) is 11.8 Å². The molecule has 0 radical (unpaired) electrons. The van der Waals surface area contributed by atoms with Crippen molar-refractivity contribution in [2.75, 3.05) is 57.6 Å². The molecule has 33 heavy (non-hydrogen) atoms. The summed E-state index contributed by atoms with van der Waals surface area (Å²) >= 11 is 0. The standard InChI is InChI=1S/C25H34N4O4/c1-17-7-6-8-18(2)24(17)27-23(30)16-28-11-13-29(14-12-28)19(3)25(31)26-20-9-10-21(32-4)22(15-20)33-5/h6-10,15,19H,11-14,16H2,1-5H3,(H,26,31)(H,27,30)/t19-/m1/s1. The number of nitrogens with zero attached hydrogens (tertiary/aromatic N) is 2. The number of aryl methyl sites for hydroxylation is 2. The predicted octanol–water partition coefficient (Wildman–Crippen LogP) is 2.90. The zero-order valence-corrected chi connectivity index (χ0v) is 20.1. The Labute approximate surface area is 195 Å². The van der Waals surface area contributed by atoms with Gasteiger partial charge in [0, 0.05) is 43.6 Å². The second-order valence-electron chi connectivity index (χ2n) is 8.36. The van der Waals surface area contributed by atoms with Crippen molar-refractivity contribution >= 4 is 23.2 Å². The molecule has 1 heterocycles. The van der Waals surface area contributed by atoms with Crippen LogP contribution in [0.2, 0.25) is 0 Å². The SMILES string of the molecule is COc1ccc(NC(=O)[C@@H](C)N2CCN(CC(=O)Nc3c(C)cccc3C)CC2)cc1OC. The van der Waals surface area contributed by atoms with Crippen LogP contribution in [0.5, 0.6) is 11.5 Å². The second-order valence-corrected chi connectivity index (χ2v) is 8.36. The van der Waals surface area contributed by atoms with E-state index in [0.29, 0.717) is 23.7 Å². The number of benzene rings is 2. The fraction of sp³-hybridized carbons (Fsp3) is 0.440. The molecule has 0 saturated carbocycles. The molecule has 3 rings (SSSR count). The maximum Gasteiger partial charge on any atom is 0.241 e. The number of nitrogens with one attached hydrogen (secondary N) is 2. The van der Waals surface area contributed by atoms with Crippen LogP contribution in [0.15, 0.2) is 36.4 Å². The van der Waals surface area contributed by atoms with Gasteiger partial charge in [-0.15, -0.1) is 0 Å². The summed E-state index contributed by atoms with van der Waals surface area (Å²) in [6.07, 6.45) is 0. The van der Waals surface area contributed by atoms with Crippen LogP contribution in [-0.2, 0) is 9.59 Å². The molecule has 1 aliphatic rings. The minimum atomic E-state index is -0.288. The first-order chi connectivity index (χ1) is 15.8. The van der Waals surface area contributed by atoms with Gasteiger partial charge in [0.05, 0.1) is 26.8 Å². The number of ether oxygens (including phenoxy) is 2. The Morgan fingerprint density at radius 1 is 0.939 bits per heavy atom. The van der Waals surface area contributed by atoms with Crippen LogP contribution in [0.25, 0.3) is 0 Å². The van der Waals surface area contributed by atoms with Gasteiger partial charge in [-0.1, -0.05) is 18.2 Å². The van der Waals surface area contributed by atoms with Crippen LogP contribution in [-0.4, -0.2) is 74.6 Å². The predicted molar refractivity (Wildman–Crippen MR) is 130 cm³/mol. The number of carbonyl (C=O) groups excluding carboxylic acids is 2. The molecule has 1 atom stereocenters. The van der Waals surface area contributed by atoms with E-state index >= 15 is 0 Å². The van der Waals surface area contributed by atoms with Gasteiger partial charge in [-0.25, -0.2) is 0 Å². The smallest absolute Gasteiger partial charge is 0.241 e. The van der Waals surface area contributed by atoms with Crippen LogP contribution < -0.4 is 20.1 Å². The minimum absolute atomic E-state index is 0.0138. The van der Waals surface area contributed by atoms with Gasteiger partial charge in [0.15, 0.2) is 11.5 Å². The van der Waals surface area contributed by atoms with Crippen molar-refractivity contribution in [2.45, 2.75) is 26.8 Å². The van der Waals surface area contributed by atoms with Gasteiger partial charge >= 0.3 is 0 Å². The van der Waals surface area contributed by atoms with E-state index in [1.54, 1.807) is 32.4 Å². The lowest BCUT2D eigenvalue weighted by Crippen LogP contribution is -2.53. The monoisotopic (exact) mass is 454 g/mol. The lowest BCUT2D eigenvalue weighted by Gasteiger charge is -2.37. The molecule has 8 nitrogen and oxygen atoms in total. The van der Waals surface area contributed by atoms with Gasteiger partial charge in [0.25, 0.3) is 0 Å². The molecule has 0 aliphatic carbocycles. The fourth-order valence-corrected chi connectivity index (χ4v) is 4.03. The Hall–Kier alpha value is -3.10. The number of piperazine rings is 1. The highest BCUT2D eigenvalue weighted by Gasteiger charge is 2.26. The Kier molecular flexibility index (Phi) is 8.30. The molecule has 0 aromatic heterocycles. The van der Waals surface area contributed by atoms with E-state index in [2.05, 4.69) is 20.4 Å². The molecule has 1 aliphatic heterocycles. The topological polar surface area (TPSA) is 83.1 Å². The average molecular weight is 455 g/mol. The normalized spacial score (nSPS) is 15.5. The van der Waals surface area contributed by atoms with Gasteiger partial charge in [-0.2, -0.15) is 0 Å². The van der Waals surface area contributed by atoms with Crippen LogP contribution in [0.4, 0.5) is 11.4 Å². The number of amides is 2. The maximum atomic E-state index is 12.8. The van der Waals surface area contributed by atoms with Crippen molar-refractivity contribution in [2.24, 2.45) is 0 Å². The highest BCUT2D eigenvalue weighted by molar-refractivity contribution is 5.95. The van der Waals surface area contributed by atoms with E-state index in [1.807, 2.05) is 39.0 Å². The number of hydrogen-bond donors (Lipinski definition) is 2. The quantitative estimate of drug-likeness (QED) is 0.638. The zero-order chi connectivity index (χ0) is 24.0. The number of anilines is 2. The van der Waals surface area contributed by atoms with Crippen molar-refractivity contribution in [3.63, 3.8) is 0 Å². The summed E-state index contributed by atoms with van der Waals surface area (Å²) in [6.45, 7) is 9.13. The Bertz CT molecular complexity index is 966. The van der Waals surface area contributed by atoms with Gasteiger partial charge in [-0.3, -0.25) is 19.4 Å². The van der Waals surface area contributed by atoms with Crippen LogP contribution in [0.1, 0.15) is 18.1 Å². The first-order valence-corrected chi connectivity index (χ1v) is 11.2. The number of carbonyl (C=O) groups is 2. The molecular formula is C25H34N4O4. The third kappa shape index (κ3) is 6.24. The van der Waals surface area contributed by atoms with E-state index < -0.39 is 0 Å². The van der Waals surface area contributed by atoms with E-state index in [0.717, 1.165) is 43.0 Å². The maximum absolute atomic E-state index is 12.8. The third-order valence-electron chi connectivity index (χ3n) is 6.10. The minimum Gasteiger partial charge on any atom is -0.493 e. The van der Waals surface area contributed by atoms with Crippen molar-refractivity contribution in [3.8, 4) is 11.5 Å². The molecular weight excluding hydrogens is 420 g/mol. The Morgan fingerprint density at radius 3 is 2.18 bits per heavy atom. The highest BCUT2D eigenvalue weighted by atomic mass is 16.5. The zero-order valence-electron chi connectivity index (χ0n) is 20.1. The summed E-state index contributed by atoms with van der Waals surface area (Å²) in [6, 6.07) is 11.0. The Balaban J connectivity index is 1.49. The molecule has 1 saturated heterocycles. The van der Waals surface area contributed by atoms with E-state index in [4.69, 9.17) is 9.47 Å². The number of para-hydroxylation sites is 1. The second kappa shape index (κ2) is 11.2. The van der Waals surface area contributed by atoms with E-state index in [9.17, 15) is 9.59 Å². The lowest BCUT2D eigenvalue weighted by molar-refractivity contribution is -0.122. The Morgan fingerprint density at radius 2 is 1.58 bits per heavy atom. The molecule has 2 N–H and O–H groups in total. The van der Waals surface area contributed by atoms with Crippen molar-refractivity contribution in [1.82, 2.24) is 9.80 Å². The van der Waals surface area contributed by atoms with Gasteiger partial charge in [0.1, 0.15) is 0 Å². The largest absolute Gasteiger partial charge is 0.493 e. The number of hydrogen-bond acceptors (Lipinski definition) is 6. The first-order valence-electron chi connectivity index (χ1n) is 11.2. The van der Waals surface area contributed by atoms with Crippen molar-refractivity contribution in [3.05, 3.63) is 47.5 Å². The average Bonchev–Trinajstić information content (AvgIpc) is 2.81. The van der Waals surface area contributed by atoms with E-state index in [1.165, 1.54) is 0 Å². The van der Waals surface area contributed by atoms with Crippen LogP contribution in [0.3, 0.4) is 0 Å². The molecule has 2 aromatic carbocycles. The van der Waals surface area contributed by atoms with Crippen molar-refractivity contribution in [1.29, 1.82) is 0 Å². The molecule has 178 valence electrons. The number of rotatable bonds is 8. The van der Waals surface area contributed by atoms with Gasteiger partial charge < -0.3 is 20.1 Å². The molecule has 0 unspecified atom stereocenters. The molecule has 0 bridgehead atoms. The van der Waals surface area contributed by atoms with E-state index in [-0.39, 0.29) is 17.9 Å². The molecule has 0 spiro atoms. The van der Waals surface area contributed by atoms with Gasteiger partial charge in [-0.05, 0) is 44.0 Å². The summed E-state index contributed by atoms with van der Waals surface area (Å²) in [4.78, 5) is 29.6. The summed E-state index contributed by atoms with van der Waals surface area (Å²) in [7, 11) is 3.14. The molecule has 1 fully saturated rings. The summed E-state index contributed by atoms with van der Waals surface area (Å²) in [5.41, 5.74) is 3.66. The molecule has 2 aromatic rings. The highest BCUT2D eigenvalue weighted by Crippen LogP contribution is 2.30. The molecule has 8 heteroatoms. The summed E-state index contributed by atoms with van der Waals surface area (Å²) in [5, 5.41) is 6.00. The summed E-state index contributed by atoms with van der Waals surface area (Å²) in [5.74, 6) is 1.08. The fourth-order valence-electron chi connectivity index (χ4n) is 4.03. The van der Waals surface area contributed by atoms with Crippen LogP contribution in [0, 0.1) is 13.8 Å². The molecule has 2 amide bonds. The first kappa shape index (κ1) is 24.5. The summed E-state index contributed by atoms with van der Waals surface area (Å²) < 4.78 is 10.5.